The average molecular weight is 410 g/mol. The Hall–Kier alpha value is -3.32. The summed E-state index contributed by atoms with van der Waals surface area (Å²) >= 11 is 0. The summed E-state index contributed by atoms with van der Waals surface area (Å²) in [6, 6.07) is 8.20. The number of rotatable bonds is 7. The van der Waals surface area contributed by atoms with Crippen LogP contribution in [0.4, 0.5) is 5.69 Å². The van der Waals surface area contributed by atoms with Crippen LogP contribution in [0.15, 0.2) is 42.5 Å². The molecule has 0 bridgehead atoms. The van der Waals surface area contributed by atoms with Gasteiger partial charge in [-0.05, 0) is 31.0 Å². The van der Waals surface area contributed by atoms with Crippen molar-refractivity contribution in [2.75, 3.05) is 34.4 Å². The smallest absolute Gasteiger partial charge is 0.270 e. The third kappa shape index (κ3) is 4.63. The SMILES string of the molecule is COc1cc(OC)c(C2=CCN(C)CC2)c(O)c1CC=Cc1cccc([N+](=O)[O-])c1. The molecule has 1 aliphatic rings. The van der Waals surface area contributed by atoms with Crippen molar-refractivity contribution in [3.05, 3.63) is 69.3 Å². The molecule has 0 unspecified atom stereocenters. The van der Waals surface area contributed by atoms with Crippen LogP contribution in [0.2, 0.25) is 0 Å². The number of nitrogens with zero attached hydrogens (tertiary/aromatic N) is 2. The molecule has 30 heavy (non-hydrogen) atoms. The second-order valence-electron chi connectivity index (χ2n) is 7.18. The molecule has 0 saturated carbocycles. The number of nitro benzene ring substituents is 1. The summed E-state index contributed by atoms with van der Waals surface area (Å²) in [5.41, 5.74) is 3.15. The van der Waals surface area contributed by atoms with Gasteiger partial charge >= 0.3 is 0 Å². The number of aromatic hydroxyl groups is 1. The van der Waals surface area contributed by atoms with Crippen LogP contribution >= 0.6 is 0 Å². The number of allylic oxidation sites excluding steroid dienone is 1. The first kappa shape index (κ1) is 21.4. The largest absolute Gasteiger partial charge is 0.507 e. The van der Waals surface area contributed by atoms with Gasteiger partial charge in [0.05, 0.1) is 24.7 Å². The molecule has 0 aliphatic carbocycles. The van der Waals surface area contributed by atoms with Crippen LogP contribution in [0, 0.1) is 10.1 Å². The first-order valence-electron chi connectivity index (χ1n) is 9.70. The Kier molecular flexibility index (Phi) is 6.74. The molecule has 7 heteroatoms. The van der Waals surface area contributed by atoms with Crippen molar-refractivity contribution in [2.45, 2.75) is 12.8 Å². The summed E-state index contributed by atoms with van der Waals surface area (Å²) in [6.07, 6.45) is 6.98. The minimum Gasteiger partial charge on any atom is -0.507 e. The molecule has 0 saturated heterocycles. The first-order chi connectivity index (χ1) is 14.4. The number of hydrogen-bond donors (Lipinski definition) is 1. The molecule has 1 aliphatic heterocycles. The zero-order chi connectivity index (χ0) is 21.7. The molecule has 0 atom stereocenters. The van der Waals surface area contributed by atoms with Crippen LogP contribution in [-0.4, -0.2) is 49.3 Å². The second-order valence-corrected chi connectivity index (χ2v) is 7.18. The molecule has 0 fully saturated rings. The number of hydrogen-bond acceptors (Lipinski definition) is 6. The summed E-state index contributed by atoms with van der Waals surface area (Å²) < 4.78 is 11.0. The summed E-state index contributed by atoms with van der Waals surface area (Å²) in [4.78, 5) is 12.7. The molecule has 3 rings (SSSR count). The van der Waals surface area contributed by atoms with Crippen LogP contribution in [0.3, 0.4) is 0 Å². The number of benzene rings is 2. The minimum atomic E-state index is -0.419. The number of likely N-dealkylation sites (N-methyl/N-ethyl adjacent to an activating group) is 1. The lowest BCUT2D eigenvalue weighted by Gasteiger charge is -2.25. The Bertz CT molecular complexity index is 997. The Morgan fingerprint density at radius 1 is 1.23 bits per heavy atom. The van der Waals surface area contributed by atoms with Gasteiger partial charge in [-0.15, -0.1) is 0 Å². The highest BCUT2D eigenvalue weighted by molar-refractivity contribution is 5.79. The van der Waals surface area contributed by atoms with Gasteiger partial charge in [0.1, 0.15) is 17.2 Å². The minimum absolute atomic E-state index is 0.0403. The van der Waals surface area contributed by atoms with E-state index in [0.29, 0.717) is 29.0 Å². The van der Waals surface area contributed by atoms with E-state index in [4.69, 9.17) is 9.47 Å². The second kappa shape index (κ2) is 9.45. The molecule has 2 aromatic carbocycles. The molecule has 1 heterocycles. The van der Waals surface area contributed by atoms with Gasteiger partial charge in [0.2, 0.25) is 0 Å². The zero-order valence-corrected chi connectivity index (χ0v) is 17.4. The maximum Gasteiger partial charge on any atom is 0.270 e. The highest BCUT2D eigenvalue weighted by Crippen LogP contribution is 2.44. The third-order valence-electron chi connectivity index (χ3n) is 5.22. The molecular formula is C23H26N2O5. The molecule has 158 valence electrons. The number of nitro groups is 1. The number of ether oxygens (including phenoxy) is 2. The van der Waals surface area contributed by atoms with E-state index in [1.54, 1.807) is 38.5 Å². The van der Waals surface area contributed by atoms with Crippen LogP contribution in [0.25, 0.3) is 11.6 Å². The third-order valence-corrected chi connectivity index (χ3v) is 5.22. The van der Waals surface area contributed by atoms with E-state index >= 15 is 0 Å². The van der Waals surface area contributed by atoms with E-state index in [0.717, 1.165) is 30.6 Å². The van der Waals surface area contributed by atoms with E-state index < -0.39 is 4.92 Å². The molecule has 2 aromatic rings. The normalized spacial score (nSPS) is 14.6. The first-order valence-corrected chi connectivity index (χ1v) is 9.70. The molecular weight excluding hydrogens is 384 g/mol. The van der Waals surface area contributed by atoms with Crippen molar-refractivity contribution >= 4 is 17.3 Å². The van der Waals surface area contributed by atoms with Gasteiger partial charge in [-0.25, -0.2) is 0 Å². The van der Waals surface area contributed by atoms with Gasteiger partial charge in [-0.1, -0.05) is 30.4 Å². The van der Waals surface area contributed by atoms with Crippen LogP contribution in [-0.2, 0) is 6.42 Å². The molecule has 1 N–H and O–H groups in total. The summed E-state index contributed by atoms with van der Waals surface area (Å²) in [7, 11) is 5.19. The van der Waals surface area contributed by atoms with Crippen molar-refractivity contribution in [2.24, 2.45) is 0 Å². The summed E-state index contributed by atoms with van der Waals surface area (Å²) in [5, 5.41) is 22.1. The van der Waals surface area contributed by atoms with Crippen LogP contribution < -0.4 is 9.47 Å². The van der Waals surface area contributed by atoms with Crippen LogP contribution in [0.1, 0.15) is 23.1 Å². The van der Waals surface area contributed by atoms with Gasteiger partial charge in [0.15, 0.2) is 0 Å². The molecule has 0 radical (unpaired) electrons. The fourth-order valence-electron chi connectivity index (χ4n) is 3.57. The lowest BCUT2D eigenvalue weighted by Crippen LogP contribution is -2.23. The fraction of sp³-hybridized carbons (Fsp3) is 0.304. The van der Waals surface area contributed by atoms with E-state index in [1.807, 2.05) is 6.08 Å². The Morgan fingerprint density at radius 3 is 2.63 bits per heavy atom. The van der Waals surface area contributed by atoms with Gasteiger partial charge in [-0.3, -0.25) is 10.1 Å². The van der Waals surface area contributed by atoms with Gasteiger partial charge in [0, 0.05) is 36.9 Å². The van der Waals surface area contributed by atoms with Crippen molar-refractivity contribution in [1.82, 2.24) is 4.90 Å². The van der Waals surface area contributed by atoms with Crippen molar-refractivity contribution in [1.29, 1.82) is 0 Å². The van der Waals surface area contributed by atoms with E-state index in [9.17, 15) is 15.2 Å². The molecule has 7 nitrogen and oxygen atoms in total. The van der Waals surface area contributed by atoms with Gasteiger partial charge in [0.25, 0.3) is 5.69 Å². The Morgan fingerprint density at radius 2 is 2.00 bits per heavy atom. The maximum absolute atomic E-state index is 11.1. The Labute approximate surface area is 176 Å². The number of phenols is 1. The van der Waals surface area contributed by atoms with E-state index in [1.165, 1.54) is 12.1 Å². The fourth-order valence-corrected chi connectivity index (χ4v) is 3.57. The van der Waals surface area contributed by atoms with E-state index in [2.05, 4.69) is 18.0 Å². The lowest BCUT2D eigenvalue weighted by molar-refractivity contribution is -0.384. The van der Waals surface area contributed by atoms with Gasteiger partial charge < -0.3 is 19.5 Å². The predicted molar refractivity (Wildman–Crippen MR) is 117 cm³/mol. The lowest BCUT2D eigenvalue weighted by atomic mass is 9.93. The zero-order valence-electron chi connectivity index (χ0n) is 17.4. The summed E-state index contributed by atoms with van der Waals surface area (Å²) in [6.45, 7) is 1.72. The maximum atomic E-state index is 11.1. The number of non-ortho nitro benzene ring substituents is 1. The predicted octanol–water partition coefficient (Wildman–Crippen LogP) is 4.29. The topological polar surface area (TPSA) is 85.1 Å². The van der Waals surface area contributed by atoms with Crippen molar-refractivity contribution in [3.63, 3.8) is 0 Å². The van der Waals surface area contributed by atoms with Crippen molar-refractivity contribution < 1.29 is 19.5 Å². The molecule has 0 spiro atoms. The number of methoxy groups -OCH3 is 2. The number of phenolic OH excluding ortho intramolecular Hbond substituents is 1. The van der Waals surface area contributed by atoms with E-state index in [-0.39, 0.29) is 11.4 Å². The van der Waals surface area contributed by atoms with Crippen LogP contribution in [0.5, 0.6) is 17.2 Å². The summed E-state index contributed by atoms with van der Waals surface area (Å²) in [5.74, 6) is 1.25. The van der Waals surface area contributed by atoms with Crippen molar-refractivity contribution in [3.8, 4) is 17.2 Å². The standard InChI is InChI=1S/C23H26N2O5/c1-24-12-10-17(11-13-24)22-21(30-3)15-20(29-2)19(23(22)26)9-5-7-16-6-4-8-18(14-16)25(27)28/h4-8,10,14-15,26H,9,11-13H2,1-3H3. The molecule has 0 amide bonds. The monoisotopic (exact) mass is 410 g/mol. The Balaban J connectivity index is 1.95. The average Bonchev–Trinajstić information content (AvgIpc) is 2.75. The quantitative estimate of drug-likeness (QED) is 0.541. The van der Waals surface area contributed by atoms with Gasteiger partial charge in [-0.2, -0.15) is 0 Å². The molecule has 0 aromatic heterocycles. The highest BCUT2D eigenvalue weighted by Gasteiger charge is 2.22. The highest BCUT2D eigenvalue weighted by atomic mass is 16.6.